The van der Waals surface area contributed by atoms with Gasteiger partial charge in [0.25, 0.3) is 0 Å². The average molecular weight is 245 g/mol. The molecule has 96 valence electrons. The van der Waals surface area contributed by atoms with Crippen molar-refractivity contribution in [3.8, 4) is 0 Å². The third kappa shape index (κ3) is 4.28. The maximum atomic E-state index is 6.44. The molecular weight excluding hydrogens is 216 g/mol. The van der Waals surface area contributed by atoms with Gasteiger partial charge in [-0.15, -0.1) is 11.6 Å². The average Bonchev–Trinajstić information content (AvgIpc) is 2.18. The van der Waals surface area contributed by atoms with Gasteiger partial charge in [0.1, 0.15) is 0 Å². The summed E-state index contributed by atoms with van der Waals surface area (Å²) >= 11 is 6.44. The molecule has 0 spiro atoms. The Morgan fingerprint density at radius 2 is 1.75 bits per heavy atom. The summed E-state index contributed by atoms with van der Waals surface area (Å²) in [6.07, 6.45) is 6.81. The Hall–Kier alpha value is 0.290. The zero-order chi connectivity index (χ0) is 12.3. The van der Waals surface area contributed by atoms with Gasteiger partial charge in [-0.1, -0.05) is 47.5 Å². The summed E-state index contributed by atoms with van der Waals surface area (Å²) < 4.78 is 0. The number of hydrogen-bond donors (Lipinski definition) is 0. The van der Waals surface area contributed by atoms with E-state index in [0.717, 1.165) is 17.8 Å². The van der Waals surface area contributed by atoms with Gasteiger partial charge in [-0.2, -0.15) is 0 Å². The second kappa shape index (κ2) is 5.76. The van der Waals surface area contributed by atoms with Crippen LogP contribution in [0.2, 0.25) is 0 Å². The molecule has 0 saturated heterocycles. The zero-order valence-corrected chi connectivity index (χ0v) is 12.5. The van der Waals surface area contributed by atoms with E-state index >= 15 is 0 Å². The van der Waals surface area contributed by atoms with Crippen LogP contribution >= 0.6 is 11.6 Å². The first-order chi connectivity index (χ1) is 7.30. The van der Waals surface area contributed by atoms with Crippen LogP contribution in [0, 0.1) is 23.2 Å². The number of alkyl halides is 1. The van der Waals surface area contributed by atoms with Gasteiger partial charge in [0.15, 0.2) is 0 Å². The van der Waals surface area contributed by atoms with E-state index < -0.39 is 0 Å². The van der Waals surface area contributed by atoms with Crippen LogP contribution in [0.5, 0.6) is 0 Å². The third-order valence-electron chi connectivity index (χ3n) is 4.47. The molecule has 0 N–H and O–H groups in total. The van der Waals surface area contributed by atoms with Crippen LogP contribution in [0.1, 0.15) is 66.7 Å². The molecule has 0 radical (unpaired) electrons. The van der Waals surface area contributed by atoms with Gasteiger partial charge in [0.2, 0.25) is 0 Å². The van der Waals surface area contributed by atoms with Gasteiger partial charge in [-0.25, -0.2) is 0 Å². The minimum Gasteiger partial charge on any atom is -0.122 e. The van der Waals surface area contributed by atoms with E-state index in [2.05, 4.69) is 34.6 Å². The number of halogens is 1. The highest BCUT2D eigenvalue weighted by Crippen LogP contribution is 2.37. The molecule has 0 nitrogen and oxygen atoms in total. The van der Waals surface area contributed by atoms with Crippen molar-refractivity contribution in [2.24, 2.45) is 23.2 Å². The minimum atomic E-state index is 0.259. The van der Waals surface area contributed by atoms with E-state index in [1.807, 2.05) is 0 Å². The molecular formula is C15H29Cl. The molecule has 1 heteroatoms. The van der Waals surface area contributed by atoms with Crippen molar-refractivity contribution in [2.45, 2.75) is 72.1 Å². The Morgan fingerprint density at radius 1 is 1.12 bits per heavy atom. The second-order valence-corrected chi connectivity index (χ2v) is 7.57. The molecule has 1 rings (SSSR count). The summed E-state index contributed by atoms with van der Waals surface area (Å²) in [5.41, 5.74) is 0.259. The van der Waals surface area contributed by atoms with Crippen LogP contribution in [-0.4, -0.2) is 5.38 Å². The van der Waals surface area contributed by atoms with Crippen molar-refractivity contribution in [2.75, 3.05) is 0 Å². The van der Waals surface area contributed by atoms with E-state index in [9.17, 15) is 0 Å². The van der Waals surface area contributed by atoms with E-state index in [1.54, 1.807) is 0 Å². The Labute approximate surface area is 107 Å². The van der Waals surface area contributed by atoms with Crippen molar-refractivity contribution in [3.05, 3.63) is 0 Å². The summed E-state index contributed by atoms with van der Waals surface area (Å²) in [5, 5.41) is 0.335. The highest BCUT2D eigenvalue weighted by atomic mass is 35.5. The fourth-order valence-electron chi connectivity index (χ4n) is 2.74. The van der Waals surface area contributed by atoms with Gasteiger partial charge < -0.3 is 0 Å². The van der Waals surface area contributed by atoms with E-state index in [4.69, 9.17) is 11.6 Å². The zero-order valence-electron chi connectivity index (χ0n) is 11.7. The van der Waals surface area contributed by atoms with Gasteiger partial charge in [0, 0.05) is 5.38 Å². The lowest BCUT2D eigenvalue weighted by Crippen LogP contribution is -2.24. The summed E-state index contributed by atoms with van der Waals surface area (Å²) in [4.78, 5) is 0. The minimum absolute atomic E-state index is 0.259. The lowest BCUT2D eigenvalue weighted by molar-refractivity contribution is 0.193. The first kappa shape index (κ1) is 14.4. The lowest BCUT2D eigenvalue weighted by atomic mass is 9.73. The molecule has 4 atom stereocenters. The van der Waals surface area contributed by atoms with Crippen molar-refractivity contribution >= 4 is 11.6 Å². The van der Waals surface area contributed by atoms with E-state index in [0.29, 0.717) is 5.38 Å². The van der Waals surface area contributed by atoms with Crippen LogP contribution in [-0.2, 0) is 0 Å². The van der Waals surface area contributed by atoms with E-state index in [1.165, 1.54) is 32.1 Å². The Bertz CT molecular complexity index is 204. The quantitative estimate of drug-likeness (QED) is 0.576. The maximum absolute atomic E-state index is 6.44. The number of rotatable bonds is 3. The lowest BCUT2D eigenvalue weighted by Gasteiger charge is -2.33. The van der Waals surface area contributed by atoms with Crippen molar-refractivity contribution in [1.82, 2.24) is 0 Å². The largest absolute Gasteiger partial charge is 0.122 e. The number of hydrogen-bond acceptors (Lipinski definition) is 0. The molecule has 1 aliphatic carbocycles. The highest BCUT2D eigenvalue weighted by molar-refractivity contribution is 6.21. The topological polar surface area (TPSA) is 0 Å². The third-order valence-corrected chi connectivity index (χ3v) is 5.35. The predicted molar refractivity (Wildman–Crippen MR) is 74.0 cm³/mol. The summed E-state index contributed by atoms with van der Waals surface area (Å²) in [6, 6.07) is 0. The van der Waals surface area contributed by atoms with Crippen LogP contribution in [0.3, 0.4) is 0 Å². The maximum Gasteiger partial charge on any atom is 0.0384 e. The SMILES string of the molecule is CC1CCC(CCC(Cl)C(C)(C)C)CC1C. The van der Waals surface area contributed by atoms with Gasteiger partial charge >= 0.3 is 0 Å². The van der Waals surface area contributed by atoms with Crippen molar-refractivity contribution in [3.63, 3.8) is 0 Å². The highest BCUT2D eigenvalue weighted by Gasteiger charge is 2.27. The van der Waals surface area contributed by atoms with Gasteiger partial charge in [-0.3, -0.25) is 0 Å². The second-order valence-electron chi connectivity index (χ2n) is 7.04. The molecule has 0 aromatic rings. The molecule has 1 fully saturated rings. The fraction of sp³-hybridized carbons (Fsp3) is 1.00. The molecule has 0 heterocycles. The molecule has 0 aromatic heterocycles. The summed E-state index contributed by atoms with van der Waals surface area (Å²) in [7, 11) is 0. The van der Waals surface area contributed by atoms with Crippen molar-refractivity contribution < 1.29 is 0 Å². The fourth-order valence-corrected chi connectivity index (χ4v) is 2.86. The molecule has 0 aromatic carbocycles. The van der Waals surface area contributed by atoms with E-state index in [-0.39, 0.29) is 5.41 Å². The summed E-state index contributed by atoms with van der Waals surface area (Å²) in [6.45, 7) is 11.6. The smallest absolute Gasteiger partial charge is 0.0384 e. The Morgan fingerprint density at radius 3 is 2.25 bits per heavy atom. The van der Waals surface area contributed by atoms with Crippen LogP contribution < -0.4 is 0 Å². The standard InChI is InChI=1S/C15H29Cl/c1-11-6-7-13(10-12(11)2)8-9-14(16)15(3,4)5/h11-14H,6-10H2,1-5H3. The van der Waals surface area contributed by atoms with Crippen molar-refractivity contribution in [1.29, 1.82) is 0 Å². The van der Waals surface area contributed by atoms with Gasteiger partial charge in [0.05, 0.1) is 0 Å². The molecule has 0 aliphatic heterocycles. The normalized spacial score (nSPS) is 33.8. The van der Waals surface area contributed by atoms with Crippen LogP contribution in [0.25, 0.3) is 0 Å². The Kier molecular flexibility index (Phi) is 5.16. The molecule has 16 heavy (non-hydrogen) atoms. The Balaban J connectivity index is 2.29. The first-order valence-corrected chi connectivity index (χ1v) is 7.38. The monoisotopic (exact) mass is 244 g/mol. The molecule has 1 saturated carbocycles. The van der Waals surface area contributed by atoms with Crippen LogP contribution in [0.4, 0.5) is 0 Å². The van der Waals surface area contributed by atoms with Gasteiger partial charge in [-0.05, 0) is 42.4 Å². The first-order valence-electron chi connectivity index (χ1n) is 6.94. The molecule has 1 aliphatic rings. The molecule has 4 unspecified atom stereocenters. The van der Waals surface area contributed by atoms with Crippen LogP contribution in [0.15, 0.2) is 0 Å². The molecule has 0 bridgehead atoms. The predicted octanol–water partition coefficient (Wildman–Crippen LogP) is 5.49. The molecule has 0 amide bonds. The summed E-state index contributed by atoms with van der Waals surface area (Å²) in [5.74, 6) is 2.79.